The first-order valence-corrected chi connectivity index (χ1v) is 6.11. The normalized spacial score (nSPS) is 9.24. The summed E-state index contributed by atoms with van der Waals surface area (Å²) in [6, 6.07) is 7.57. The third-order valence-electron chi connectivity index (χ3n) is 2.76. The van der Waals surface area contributed by atoms with E-state index in [1.165, 1.54) is 44.1 Å². The Morgan fingerprint density at radius 1 is 0.882 bits per heavy atom. The minimum absolute atomic E-state index is 0. The van der Waals surface area contributed by atoms with E-state index in [-0.39, 0.29) is 38.6 Å². The third-order valence-corrected chi connectivity index (χ3v) is 2.76. The average Bonchev–Trinajstić information content (AvgIpc) is 2.26. The van der Waals surface area contributed by atoms with Crippen LogP contribution in [0.25, 0.3) is 0 Å². The number of halogens is 1. The van der Waals surface area contributed by atoms with Crippen molar-refractivity contribution in [2.75, 3.05) is 0 Å². The van der Waals surface area contributed by atoms with Crippen LogP contribution in [0.1, 0.15) is 51.0 Å². The molecule has 0 aliphatic rings. The first-order valence-electron chi connectivity index (χ1n) is 6.11. The van der Waals surface area contributed by atoms with Gasteiger partial charge in [0, 0.05) is 26.2 Å². The summed E-state index contributed by atoms with van der Waals surface area (Å²) in [5.41, 5.74) is 1.34. The molecule has 0 saturated carbocycles. The molecule has 0 aliphatic carbocycles. The zero-order chi connectivity index (χ0) is 10.9. The second-order valence-corrected chi connectivity index (χ2v) is 4.18. The van der Waals surface area contributed by atoms with Crippen LogP contribution in [0, 0.1) is 0 Å². The van der Waals surface area contributed by atoms with Crippen molar-refractivity contribution in [3.63, 3.8) is 0 Å². The Bertz CT molecular complexity index is 261. The van der Waals surface area contributed by atoms with Crippen molar-refractivity contribution in [3.05, 3.63) is 29.8 Å². The number of phenolic OH excluding ortho intramolecular Hbond substituents is 1. The minimum Gasteiger partial charge on any atom is -0.508 e. The molecule has 1 aromatic rings. The van der Waals surface area contributed by atoms with Crippen molar-refractivity contribution >= 4 is 12.4 Å². The number of hydrogen-bond acceptors (Lipinski definition) is 1. The molecule has 0 unspecified atom stereocenters. The van der Waals surface area contributed by atoms with E-state index in [2.05, 4.69) is 6.92 Å². The molecule has 0 radical (unpaired) electrons. The van der Waals surface area contributed by atoms with Crippen LogP contribution in [0.5, 0.6) is 5.75 Å². The largest absolute Gasteiger partial charge is 0.508 e. The molecule has 0 spiro atoms. The van der Waals surface area contributed by atoms with E-state index in [0.29, 0.717) is 5.75 Å². The Morgan fingerprint density at radius 2 is 1.41 bits per heavy atom. The molecule has 0 heterocycles. The summed E-state index contributed by atoms with van der Waals surface area (Å²) in [6.45, 7) is 2.25. The van der Waals surface area contributed by atoms with E-state index in [4.69, 9.17) is 5.11 Å². The van der Waals surface area contributed by atoms with Crippen molar-refractivity contribution in [1.82, 2.24) is 0 Å². The van der Waals surface area contributed by atoms with Crippen molar-refractivity contribution in [3.8, 4) is 5.75 Å². The Kier molecular flexibility index (Phi) is 14.5. The van der Waals surface area contributed by atoms with Gasteiger partial charge in [0.1, 0.15) is 5.75 Å². The summed E-state index contributed by atoms with van der Waals surface area (Å²) in [7, 11) is 0. The number of hydrogen-bond donors (Lipinski definition) is 1. The predicted octanol–water partition coefficient (Wildman–Crippen LogP) is 4.71. The SMILES string of the molecule is CCCCCCCCc1ccc(O)cc1.Cl.[Zr]. The molecule has 0 saturated heterocycles. The molecule has 1 nitrogen and oxygen atoms in total. The number of aromatic hydroxyl groups is 1. The zero-order valence-corrected chi connectivity index (χ0v) is 13.9. The predicted molar refractivity (Wildman–Crippen MR) is 72.4 cm³/mol. The van der Waals surface area contributed by atoms with E-state index >= 15 is 0 Å². The Labute approximate surface area is 131 Å². The van der Waals surface area contributed by atoms with E-state index in [9.17, 15) is 0 Å². The van der Waals surface area contributed by atoms with Gasteiger partial charge in [0.25, 0.3) is 0 Å². The molecule has 1 aromatic carbocycles. The number of phenols is 1. The van der Waals surface area contributed by atoms with Gasteiger partial charge in [-0.1, -0.05) is 51.2 Å². The van der Waals surface area contributed by atoms with Gasteiger partial charge in [0.2, 0.25) is 0 Å². The smallest absolute Gasteiger partial charge is 0.115 e. The molecule has 0 amide bonds. The van der Waals surface area contributed by atoms with Gasteiger partial charge in [-0.15, -0.1) is 12.4 Å². The summed E-state index contributed by atoms with van der Waals surface area (Å²) in [5.74, 6) is 0.363. The Balaban J connectivity index is 0. The molecule has 0 aromatic heterocycles. The summed E-state index contributed by atoms with van der Waals surface area (Å²) >= 11 is 0. The van der Waals surface area contributed by atoms with Gasteiger partial charge in [-0.25, -0.2) is 0 Å². The third kappa shape index (κ3) is 9.86. The molecule has 1 rings (SSSR count). The fraction of sp³-hybridized carbons (Fsp3) is 0.571. The molecule has 96 valence electrons. The second kappa shape index (κ2) is 12.6. The quantitative estimate of drug-likeness (QED) is 0.716. The van der Waals surface area contributed by atoms with E-state index in [1.807, 2.05) is 12.1 Å². The van der Waals surface area contributed by atoms with Crippen molar-refractivity contribution in [2.45, 2.75) is 51.9 Å². The molecule has 0 aliphatic heterocycles. The van der Waals surface area contributed by atoms with Gasteiger partial charge in [-0.05, 0) is 30.5 Å². The van der Waals surface area contributed by atoms with Gasteiger partial charge in [0.05, 0.1) is 0 Å². The Morgan fingerprint density at radius 3 is 2.00 bits per heavy atom. The van der Waals surface area contributed by atoms with Crippen LogP contribution in [0.3, 0.4) is 0 Å². The zero-order valence-electron chi connectivity index (χ0n) is 10.6. The Hall–Kier alpha value is 0.193. The van der Waals surface area contributed by atoms with Crippen molar-refractivity contribution in [1.29, 1.82) is 0 Å². The maximum absolute atomic E-state index is 9.13. The summed E-state index contributed by atoms with van der Waals surface area (Å²) in [5, 5.41) is 9.13. The fourth-order valence-electron chi connectivity index (χ4n) is 1.77. The van der Waals surface area contributed by atoms with Crippen molar-refractivity contribution < 1.29 is 31.3 Å². The molecule has 1 N–H and O–H groups in total. The summed E-state index contributed by atoms with van der Waals surface area (Å²) in [4.78, 5) is 0. The van der Waals surface area contributed by atoms with Gasteiger partial charge in [-0.2, -0.15) is 0 Å². The van der Waals surface area contributed by atoms with Crippen LogP contribution in [0.2, 0.25) is 0 Å². The van der Waals surface area contributed by atoms with Crippen LogP contribution < -0.4 is 0 Å². The average molecular weight is 334 g/mol. The molecular formula is C14H23ClOZr. The van der Waals surface area contributed by atoms with E-state index in [0.717, 1.165) is 6.42 Å². The van der Waals surface area contributed by atoms with E-state index in [1.54, 1.807) is 12.1 Å². The summed E-state index contributed by atoms with van der Waals surface area (Å²) < 4.78 is 0. The maximum Gasteiger partial charge on any atom is 0.115 e. The number of rotatable bonds is 7. The second-order valence-electron chi connectivity index (χ2n) is 4.18. The van der Waals surface area contributed by atoms with E-state index < -0.39 is 0 Å². The standard InChI is InChI=1S/C14H22O.ClH.Zr/c1-2-3-4-5-6-7-8-13-9-11-14(15)12-10-13;;/h9-12,15H,2-8H2,1H3;1H;. The van der Waals surface area contributed by atoms with Crippen LogP contribution >= 0.6 is 12.4 Å². The first kappa shape index (κ1) is 19.5. The van der Waals surface area contributed by atoms with Gasteiger partial charge in [0.15, 0.2) is 0 Å². The number of unbranched alkanes of at least 4 members (excludes halogenated alkanes) is 5. The topological polar surface area (TPSA) is 20.2 Å². The van der Waals surface area contributed by atoms with Crippen LogP contribution in [0.4, 0.5) is 0 Å². The molecule has 0 atom stereocenters. The van der Waals surface area contributed by atoms with Crippen LogP contribution in [0.15, 0.2) is 24.3 Å². The minimum atomic E-state index is 0. The fourth-order valence-corrected chi connectivity index (χ4v) is 1.77. The van der Waals surface area contributed by atoms with Gasteiger partial charge < -0.3 is 5.11 Å². The molecule has 17 heavy (non-hydrogen) atoms. The number of aryl methyl sites for hydroxylation is 1. The van der Waals surface area contributed by atoms with Crippen LogP contribution in [-0.4, -0.2) is 5.11 Å². The molecule has 3 heteroatoms. The molecular weight excluding hydrogens is 311 g/mol. The molecule has 0 bridgehead atoms. The summed E-state index contributed by atoms with van der Waals surface area (Å²) in [6.07, 6.45) is 9.19. The van der Waals surface area contributed by atoms with Gasteiger partial charge in [-0.3, -0.25) is 0 Å². The monoisotopic (exact) mass is 332 g/mol. The van der Waals surface area contributed by atoms with Crippen molar-refractivity contribution in [2.24, 2.45) is 0 Å². The van der Waals surface area contributed by atoms with Gasteiger partial charge >= 0.3 is 0 Å². The number of benzene rings is 1. The molecule has 0 fully saturated rings. The first-order chi connectivity index (χ1) is 7.33. The van der Waals surface area contributed by atoms with Crippen LogP contribution in [-0.2, 0) is 32.6 Å². The maximum atomic E-state index is 9.13.